The molecular formula is C33H44N4O3. The lowest BCUT2D eigenvalue weighted by molar-refractivity contribution is -0.143. The van der Waals surface area contributed by atoms with Crippen molar-refractivity contribution in [3.05, 3.63) is 66.2 Å². The number of hydrogen-bond acceptors (Lipinski definition) is 4. The highest BCUT2D eigenvalue weighted by Gasteiger charge is 2.54. The molecule has 0 unspecified atom stereocenters. The van der Waals surface area contributed by atoms with Gasteiger partial charge in [0.05, 0.1) is 6.67 Å². The maximum atomic E-state index is 14.1. The van der Waals surface area contributed by atoms with Gasteiger partial charge < -0.3 is 19.6 Å². The highest BCUT2D eigenvalue weighted by Crippen LogP contribution is 2.40. The molecule has 214 valence electrons. The van der Waals surface area contributed by atoms with Crippen LogP contribution in [-0.4, -0.2) is 77.4 Å². The second kappa shape index (κ2) is 11.6. The van der Waals surface area contributed by atoms with Crippen LogP contribution in [0.3, 0.4) is 0 Å². The zero-order valence-electron chi connectivity index (χ0n) is 24.3. The summed E-state index contributed by atoms with van der Waals surface area (Å²) in [4.78, 5) is 48.2. The first kappa shape index (κ1) is 28.2. The summed E-state index contributed by atoms with van der Waals surface area (Å²) in [6, 6.07) is 20.6. The first-order valence-electron chi connectivity index (χ1n) is 14.9. The number of carbonyl (C=O) groups is 3. The van der Waals surface area contributed by atoms with Gasteiger partial charge in [0, 0.05) is 38.3 Å². The SMILES string of the molecule is CC(C)(C)CC(=O)N1CCC2(CC1)C(=O)N(CC(=O)N1CCC(Cc3ccccc3)CC1)CN2c1ccccc1. The van der Waals surface area contributed by atoms with E-state index >= 15 is 0 Å². The predicted molar refractivity (Wildman–Crippen MR) is 158 cm³/mol. The van der Waals surface area contributed by atoms with Crippen LogP contribution in [0.25, 0.3) is 0 Å². The smallest absolute Gasteiger partial charge is 0.250 e. The quantitative estimate of drug-likeness (QED) is 0.535. The van der Waals surface area contributed by atoms with Crippen LogP contribution in [0.1, 0.15) is 58.4 Å². The van der Waals surface area contributed by atoms with Crippen molar-refractivity contribution in [1.82, 2.24) is 14.7 Å². The number of carbonyl (C=O) groups excluding carboxylic acids is 3. The molecule has 3 amide bonds. The number of anilines is 1. The average Bonchev–Trinajstić information content (AvgIpc) is 3.20. The Labute approximate surface area is 239 Å². The summed E-state index contributed by atoms with van der Waals surface area (Å²) in [5.74, 6) is 0.797. The number of nitrogens with zero attached hydrogens (tertiary/aromatic N) is 4. The van der Waals surface area contributed by atoms with Crippen LogP contribution in [0.4, 0.5) is 5.69 Å². The van der Waals surface area contributed by atoms with Gasteiger partial charge in [-0.3, -0.25) is 14.4 Å². The van der Waals surface area contributed by atoms with Gasteiger partial charge in [-0.2, -0.15) is 0 Å². The number of likely N-dealkylation sites (tertiary alicyclic amines) is 2. The van der Waals surface area contributed by atoms with E-state index in [-0.39, 0.29) is 29.7 Å². The lowest BCUT2D eigenvalue weighted by atomic mass is 9.84. The molecule has 0 aliphatic carbocycles. The molecule has 0 radical (unpaired) electrons. The molecule has 0 saturated carbocycles. The summed E-state index contributed by atoms with van der Waals surface area (Å²) in [5, 5.41) is 0. The Morgan fingerprint density at radius 1 is 0.825 bits per heavy atom. The Bertz CT molecular complexity index is 1180. The van der Waals surface area contributed by atoms with E-state index in [0.29, 0.717) is 44.9 Å². The monoisotopic (exact) mass is 544 g/mol. The van der Waals surface area contributed by atoms with Crippen LogP contribution in [0, 0.1) is 11.3 Å². The highest BCUT2D eigenvalue weighted by atomic mass is 16.2. The molecule has 3 aliphatic heterocycles. The largest absolute Gasteiger partial charge is 0.342 e. The number of para-hydroxylation sites is 1. The fourth-order valence-corrected chi connectivity index (χ4v) is 6.61. The van der Waals surface area contributed by atoms with E-state index in [1.807, 2.05) is 46.2 Å². The third-order valence-electron chi connectivity index (χ3n) is 8.87. The normalized spacial score (nSPS) is 19.9. The van der Waals surface area contributed by atoms with Crippen molar-refractivity contribution in [3.63, 3.8) is 0 Å². The fourth-order valence-electron chi connectivity index (χ4n) is 6.61. The Morgan fingerprint density at radius 3 is 2.00 bits per heavy atom. The van der Waals surface area contributed by atoms with E-state index in [2.05, 4.69) is 49.9 Å². The zero-order chi connectivity index (χ0) is 28.3. The molecule has 0 N–H and O–H groups in total. The molecule has 3 fully saturated rings. The van der Waals surface area contributed by atoms with Crippen molar-refractivity contribution >= 4 is 23.4 Å². The third kappa shape index (κ3) is 6.18. The van der Waals surface area contributed by atoms with Gasteiger partial charge in [0.15, 0.2) is 0 Å². The van der Waals surface area contributed by atoms with Crippen molar-refractivity contribution in [3.8, 4) is 0 Å². The van der Waals surface area contributed by atoms with Crippen LogP contribution in [0.15, 0.2) is 60.7 Å². The number of benzene rings is 2. The Kier molecular flexibility index (Phi) is 8.20. The van der Waals surface area contributed by atoms with E-state index in [1.165, 1.54) is 5.56 Å². The van der Waals surface area contributed by atoms with Crippen molar-refractivity contribution in [2.45, 2.75) is 64.8 Å². The first-order chi connectivity index (χ1) is 19.1. The summed E-state index contributed by atoms with van der Waals surface area (Å²) >= 11 is 0. The van der Waals surface area contributed by atoms with Crippen molar-refractivity contribution in [2.75, 3.05) is 44.3 Å². The van der Waals surface area contributed by atoms with Gasteiger partial charge >= 0.3 is 0 Å². The predicted octanol–water partition coefficient (Wildman–Crippen LogP) is 4.57. The molecular weight excluding hydrogens is 500 g/mol. The van der Waals surface area contributed by atoms with Crippen LogP contribution >= 0.6 is 0 Å². The topological polar surface area (TPSA) is 64.2 Å². The van der Waals surface area contributed by atoms with E-state index in [1.54, 1.807) is 4.90 Å². The molecule has 7 heteroatoms. The molecule has 40 heavy (non-hydrogen) atoms. The van der Waals surface area contributed by atoms with Gasteiger partial charge in [-0.25, -0.2) is 0 Å². The van der Waals surface area contributed by atoms with Gasteiger partial charge in [0.25, 0.3) is 5.91 Å². The van der Waals surface area contributed by atoms with Crippen LogP contribution in [0.5, 0.6) is 0 Å². The minimum absolute atomic E-state index is 0.0200. The third-order valence-corrected chi connectivity index (χ3v) is 8.87. The summed E-state index contributed by atoms with van der Waals surface area (Å²) in [7, 11) is 0. The first-order valence-corrected chi connectivity index (χ1v) is 14.9. The average molecular weight is 545 g/mol. The molecule has 0 atom stereocenters. The molecule has 3 saturated heterocycles. The molecule has 3 heterocycles. The van der Waals surface area contributed by atoms with Crippen LogP contribution < -0.4 is 4.90 Å². The van der Waals surface area contributed by atoms with Crippen molar-refractivity contribution in [1.29, 1.82) is 0 Å². The Morgan fingerprint density at radius 2 is 1.40 bits per heavy atom. The summed E-state index contributed by atoms with van der Waals surface area (Å²) in [6.07, 6.45) is 4.69. The Balaban J connectivity index is 1.23. The van der Waals surface area contributed by atoms with Gasteiger partial charge in [-0.15, -0.1) is 0 Å². The molecule has 0 aromatic heterocycles. The molecule has 2 aromatic carbocycles. The van der Waals surface area contributed by atoms with Crippen molar-refractivity contribution in [2.24, 2.45) is 11.3 Å². The molecule has 3 aliphatic rings. The van der Waals surface area contributed by atoms with Crippen LogP contribution in [-0.2, 0) is 20.8 Å². The number of hydrogen-bond donors (Lipinski definition) is 0. The van der Waals surface area contributed by atoms with E-state index in [9.17, 15) is 14.4 Å². The molecule has 0 bridgehead atoms. The van der Waals surface area contributed by atoms with Crippen LogP contribution in [0.2, 0.25) is 0 Å². The lowest BCUT2D eigenvalue weighted by Gasteiger charge is -2.43. The highest BCUT2D eigenvalue weighted by molar-refractivity contribution is 5.96. The summed E-state index contributed by atoms with van der Waals surface area (Å²) in [5.41, 5.74) is 1.55. The van der Waals surface area contributed by atoms with Gasteiger partial charge in [-0.05, 0) is 61.1 Å². The summed E-state index contributed by atoms with van der Waals surface area (Å²) in [6.45, 7) is 9.35. The zero-order valence-corrected chi connectivity index (χ0v) is 24.3. The van der Waals surface area contributed by atoms with E-state index in [0.717, 1.165) is 38.0 Å². The Hall–Kier alpha value is -3.35. The van der Waals surface area contributed by atoms with Gasteiger partial charge in [0.1, 0.15) is 12.1 Å². The standard InChI is InChI=1S/C33H44N4O3/c1-32(2,3)23-29(38)35-20-16-33(17-21-35)31(40)36(25-37(33)28-12-8-5-9-13-28)24-30(39)34-18-14-27(15-19-34)22-26-10-6-4-7-11-26/h4-13,27H,14-25H2,1-3H3. The number of amides is 3. The minimum Gasteiger partial charge on any atom is -0.342 e. The maximum Gasteiger partial charge on any atom is 0.250 e. The lowest BCUT2D eigenvalue weighted by Crippen LogP contribution is -2.57. The van der Waals surface area contributed by atoms with E-state index < -0.39 is 5.54 Å². The van der Waals surface area contributed by atoms with Crippen molar-refractivity contribution < 1.29 is 14.4 Å². The second-order valence-electron chi connectivity index (χ2n) is 13.1. The molecule has 1 spiro atoms. The van der Waals surface area contributed by atoms with E-state index in [4.69, 9.17) is 0 Å². The van der Waals surface area contributed by atoms with Gasteiger partial charge in [0.2, 0.25) is 11.8 Å². The molecule has 7 nitrogen and oxygen atoms in total. The second-order valence-corrected chi connectivity index (χ2v) is 13.1. The molecule has 5 rings (SSSR count). The molecule has 2 aromatic rings. The van der Waals surface area contributed by atoms with Gasteiger partial charge in [-0.1, -0.05) is 69.3 Å². The fraction of sp³-hybridized carbons (Fsp3) is 0.545. The minimum atomic E-state index is -0.719. The number of rotatable bonds is 6. The summed E-state index contributed by atoms with van der Waals surface area (Å²) < 4.78 is 0. The maximum absolute atomic E-state index is 14.1. The number of piperidine rings is 2.